The maximum atomic E-state index is 13.6. The summed E-state index contributed by atoms with van der Waals surface area (Å²) in [5.74, 6) is -1.86. The fourth-order valence-electron chi connectivity index (χ4n) is 1.42. The van der Waals surface area contributed by atoms with Gasteiger partial charge in [0.05, 0.1) is 5.41 Å². The third-order valence-corrected chi connectivity index (χ3v) is 2.98. The van der Waals surface area contributed by atoms with Crippen molar-refractivity contribution in [2.45, 2.75) is 18.8 Å². The lowest BCUT2D eigenvalue weighted by Crippen LogP contribution is -2.33. The van der Waals surface area contributed by atoms with Gasteiger partial charge in [0.1, 0.15) is 12.1 Å². The van der Waals surface area contributed by atoms with Gasteiger partial charge in [-0.15, -0.1) is 0 Å². The van der Waals surface area contributed by atoms with E-state index in [0.717, 1.165) is 0 Å². The van der Waals surface area contributed by atoms with Crippen LogP contribution in [0.25, 0.3) is 0 Å². The SMILES string of the molecule is CC(CC=O)(C(=O)O)c1ccc(Br)cc1F. The first-order chi connectivity index (χ1) is 7.41. The number of benzene rings is 1. The fourth-order valence-corrected chi connectivity index (χ4v) is 1.75. The number of aldehydes is 1. The highest BCUT2D eigenvalue weighted by atomic mass is 79.9. The summed E-state index contributed by atoms with van der Waals surface area (Å²) in [7, 11) is 0. The second-order valence-corrected chi connectivity index (χ2v) is 4.55. The first kappa shape index (κ1) is 12.8. The molecule has 1 unspecified atom stereocenters. The van der Waals surface area contributed by atoms with Gasteiger partial charge in [0.25, 0.3) is 0 Å². The van der Waals surface area contributed by atoms with Crippen LogP contribution in [0.1, 0.15) is 18.9 Å². The van der Waals surface area contributed by atoms with Crippen LogP contribution in [-0.2, 0) is 15.0 Å². The van der Waals surface area contributed by atoms with Crippen LogP contribution in [0.4, 0.5) is 4.39 Å². The molecule has 0 radical (unpaired) electrons. The molecule has 5 heteroatoms. The van der Waals surface area contributed by atoms with Gasteiger partial charge in [-0.1, -0.05) is 22.0 Å². The Kier molecular flexibility index (Phi) is 3.80. The van der Waals surface area contributed by atoms with Crippen molar-refractivity contribution in [2.75, 3.05) is 0 Å². The predicted molar refractivity (Wildman–Crippen MR) is 59.8 cm³/mol. The summed E-state index contributed by atoms with van der Waals surface area (Å²) in [6.45, 7) is 1.33. The Morgan fingerprint density at radius 3 is 2.69 bits per heavy atom. The molecule has 86 valence electrons. The topological polar surface area (TPSA) is 54.4 Å². The van der Waals surface area contributed by atoms with Gasteiger partial charge in [-0.2, -0.15) is 0 Å². The van der Waals surface area contributed by atoms with Crippen LogP contribution in [0.3, 0.4) is 0 Å². The van der Waals surface area contributed by atoms with E-state index in [2.05, 4.69) is 15.9 Å². The summed E-state index contributed by atoms with van der Waals surface area (Å²) >= 11 is 3.08. The maximum Gasteiger partial charge on any atom is 0.314 e. The van der Waals surface area contributed by atoms with Gasteiger partial charge in [-0.25, -0.2) is 4.39 Å². The van der Waals surface area contributed by atoms with Crippen molar-refractivity contribution >= 4 is 28.2 Å². The number of hydrogen-bond donors (Lipinski definition) is 1. The molecular formula is C11H10BrFO3. The van der Waals surface area contributed by atoms with E-state index in [1.807, 2.05) is 0 Å². The summed E-state index contributed by atoms with van der Waals surface area (Å²) in [4.78, 5) is 21.6. The van der Waals surface area contributed by atoms with Crippen molar-refractivity contribution < 1.29 is 19.1 Å². The second kappa shape index (κ2) is 4.74. The van der Waals surface area contributed by atoms with Gasteiger partial charge >= 0.3 is 5.97 Å². The molecule has 0 aliphatic heterocycles. The van der Waals surface area contributed by atoms with Crippen LogP contribution >= 0.6 is 15.9 Å². The largest absolute Gasteiger partial charge is 0.481 e. The van der Waals surface area contributed by atoms with E-state index in [-0.39, 0.29) is 12.0 Å². The predicted octanol–water partition coefficient (Wildman–Crippen LogP) is 2.52. The monoisotopic (exact) mass is 288 g/mol. The summed E-state index contributed by atoms with van der Waals surface area (Å²) in [6.07, 6.45) is 0.219. The summed E-state index contributed by atoms with van der Waals surface area (Å²) in [6, 6.07) is 4.10. The van der Waals surface area contributed by atoms with Gasteiger partial charge in [0.15, 0.2) is 0 Å². The van der Waals surface area contributed by atoms with Crippen LogP contribution in [0.5, 0.6) is 0 Å². The van der Waals surface area contributed by atoms with Crippen LogP contribution in [0.15, 0.2) is 22.7 Å². The number of rotatable bonds is 4. The quantitative estimate of drug-likeness (QED) is 0.866. The first-order valence-corrected chi connectivity index (χ1v) is 5.33. The fraction of sp³-hybridized carbons (Fsp3) is 0.273. The van der Waals surface area contributed by atoms with E-state index in [4.69, 9.17) is 5.11 Å². The van der Waals surface area contributed by atoms with Crippen LogP contribution in [-0.4, -0.2) is 17.4 Å². The van der Waals surface area contributed by atoms with Gasteiger partial charge in [-0.05, 0) is 19.1 Å². The van der Waals surface area contributed by atoms with Crippen LogP contribution in [0, 0.1) is 5.82 Å². The first-order valence-electron chi connectivity index (χ1n) is 4.54. The minimum absolute atomic E-state index is 0.00954. The minimum atomic E-state index is -1.52. The molecule has 0 spiro atoms. The molecule has 16 heavy (non-hydrogen) atoms. The number of hydrogen-bond acceptors (Lipinski definition) is 2. The Morgan fingerprint density at radius 1 is 1.62 bits per heavy atom. The van der Waals surface area contributed by atoms with Crippen LogP contribution in [0.2, 0.25) is 0 Å². The van der Waals surface area contributed by atoms with Crippen molar-refractivity contribution in [1.82, 2.24) is 0 Å². The average Bonchev–Trinajstić information content (AvgIpc) is 2.17. The lowest BCUT2D eigenvalue weighted by molar-refractivity contribution is -0.144. The van der Waals surface area contributed by atoms with Crippen LogP contribution < -0.4 is 0 Å². The molecule has 1 aromatic carbocycles. The molecule has 0 amide bonds. The summed E-state index contributed by atoms with van der Waals surface area (Å²) in [5.41, 5.74) is -1.51. The van der Waals surface area contributed by atoms with Crippen molar-refractivity contribution in [2.24, 2.45) is 0 Å². The molecule has 0 heterocycles. The second-order valence-electron chi connectivity index (χ2n) is 3.63. The van der Waals surface area contributed by atoms with Crippen molar-refractivity contribution in [3.8, 4) is 0 Å². The molecule has 0 fully saturated rings. The van der Waals surface area contributed by atoms with E-state index in [1.54, 1.807) is 6.07 Å². The number of carboxylic acids is 1. The summed E-state index contributed by atoms with van der Waals surface area (Å²) in [5, 5.41) is 9.07. The molecule has 1 atom stereocenters. The molecule has 3 nitrogen and oxygen atoms in total. The molecule has 0 saturated heterocycles. The molecule has 0 saturated carbocycles. The molecule has 0 aromatic heterocycles. The number of carbonyl (C=O) groups is 2. The molecule has 1 N–H and O–H groups in total. The zero-order chi connectivity index (χ0) is 12.3. The Bertz CT molecular complexity index is 433. The molecule has 0 aliphatic carbocycles. The smallest absolute Gasteiger partial charge is 0.314 e. The van der Waals surface area contributed by atoms with Crippen molar-refractivity contribution in [3.63, 3.8) is 0 Å². The van der Waals surface area contributed by atoms with Gasteiger partial charge in [0, 0.05) is 16.5 Å². The molecule has 1 aromatic rings. The average molecular weight is 289 g/mol. The van der Waals surface area contributed by atoms with Gasteiger partial charge < -0.3 is 9.90 Å². The lowest BCUT2D eigenvalue weighted by atomic mass is 9.80. The Hall–Kier alpha value is -1.23. The molecule has 0 bridgehead atoms. The Labute approximate surface area is 100 Å². The zero-order valence-corrected chi connectivity index (χ0v) is 10.1. The molecule has 1 rings (SSSR count). The standard InChI is InChI=1S/C11H10BrFO3/c1-11(4-5-14,10(15)16)8-3-2-7(12)6-9(8)13/h2-3,5-6H,4H2,1H3,(H,15,16). The third-order valence-electron chi connectivity index (χ3n) is 2.49. The molecular weight excluding hydrogens is 279 g/mol. The van der Waals surface area contributed by atoms with Gasteiger partial charge in [0.2, 0.25) is 0 Å². The van der Waals surface area contributed by atoms with E-state index >= 15 is 0 Å². The van der Waals surface area contributed by atoms with Crippen molar-refractivity contribution in [1.29, 1.82) is 0 Å². The zero-order valence-electron chi connectivity index (χ0n) is 8.54. The van der Waals surface area contributed by atoms with E-state index in [0.29, 0.717) is 10.8 Å². The minimum Gasteiger partial charge on any atom is -0.481 e. The van der Waals surface area contributed by atoms with E-state index < -0.39 is 17.2 Å². The molecule has 0 aliphatic rings. The number of halogens is 2. The highest BCUT2D eigenvalue weighted by molar-refractivity contribution is 9.10. The number of aliphatic carboxylic acids is 1. The Balaban J connectivity index is 3.31. The van der Waals surface area contributed by atoms with Gasteiger partial charge in [-0.3, -0.25) is 4.79 Å². The number of carboxylic acid groups (broad SMARTS) is 1. The Morgan fingerprint density at radius 2 is 2.25 bits per heavy atom. The van der Waals surface area contributed by atoms with E-state index in [9.17, 15) is 14.0 Å². The normalized spacial score (nSPS) is 14.2. The van der Waals surface area contributed by atoms with Crippen molar-refractivity contribution in [3.05, 3.63) is 34.1 Å². The maximum absolute atomic E-state index is 13.6. The lowest BCUT2D eigenvalue weighted by Gasteiger charge is -2.23. The third kappa shape index (κ3) is 2.29. The highest BCUT2D eigenvalue weighted by Gasteiger charge is 2.37. The van der Waals surface area contributed by atoms with E-state index in [1.165, 1.54) is 19.1 Å². The summed E-state index contributed by atoms with van der Waals surface area (Å²) < 4.78 is 14.1. The highest BCUT2D eigenvalue weighted by Crippen LogP contribution is 2.30. The number of carbonyl (C=O) groups excluding carboxylic acids is 1.